The highest BCUT2D eigenvalue weighted by molar-refractivity contribution is 4.86. The standard InChI is InChI=1S/C12H27N3/c1-14(2)10-9-13-11-7-5-6-8-12(11)15(3)4/h11-13H,5-10H2,1-4H3. The quantitative estimate of drug-likeness (QED) is 0.735. The molecule has 2 atom stereocenters. The minimum Gasteiger partial charge on any atom is -0.311 e. The fraction of sp³-hybridized carbons (Fsp3) is 1.00. The second kappa shape index (κ2) is 6.46. The summed E-state index contributed by atoms with van der Waals surface area (Å²) >= 11 is 0. The van der Waals surface area contributed by atoms with Gasteiger partial charge in [0.2, 0.25) is 0 Å². The van der Waals surface area contributed by atoms with Gasteiger partial charge >= 0.3 is 0 Å². The van der Waals surface area contributed by atoms with Crippen LogP contribution in [-0.2, 0) is 0 Å². The van der Waals surface area contributed by atoms with Crippen LogP contribution in [0.5, 0.6) is 0 Å². The van der Waals surface area contributed by atoms with Gasteiger partial charge in [-0.2, -0.15) is 0 Å². The molecule has 90 valence electrons. The summed E-state index contributed by atoms with van der Waals surface area (Å²) in [6.07, 6.45) is 5.49. The Kier molecular flexibility index (Phi) is 5.58. The lowest BCUT2D eigenvalue weighted by Gasteiger charge is -2.37. The van der Waals surface area contributed by atoms with Crippen molar-refractivity contribution in [3.05, 3.63) is 0 Å². The van der Waals surface area contributed by atoms with E-state index in [0.717, 1.165) is 19.1 Å². The van der Waals surface area contributed by atoms with E-state index in [9.17, 15) is 0 Å². The van der Waals surface area contributed by atoms with Crippen LogP contribution in [0, 0.1) is 0 Å². The Bertz CT molecular complexity index is 168. The maximum absolute atomic E-state index is 3.70. The Morgan fingerprint density at radius 1 is 1.07 bits per heavy atom. The third kappa shape index (κ3) is 4.49. The van der Waals surface area contributed by atoms with Gasteiger partial charge in [-0.3, -0.25) is 0 Å². The molecule has 1 saturated carbocycles. The van der Waals surface area contributed by atoms with Gasteiger partial charge in [-0.05, 0) is 41.0 Å². The van der Waals surface area contributed by atoms with Crippen LogP contribution in [0.1, 0.15) is 25.7 Å². The van der Waals surface area contributed by atoms with Crippen molar-refractivity contribution >= 4 is 0 Å². The summed E-state index contributed by atoms with van der Waals surface area (Å²) in [5.41, 5.74) is 0. The Balaban J connectivity index is 2.29. The number of hydrogen-bond acceptors (Lipinski definition) is 3. The molecule has 1 N–H and O–H groups in total. The fourth-order valence-electron chi connectivity index (χ4n) is 2.44. The molecule has 0 aromatic rings. The van der Waals surface area contributed by atoms with Crippen LogP contribution in [-0.4, -0.2) is 63.2 Å². The molecule has 0 aromatic heterocycles. The molecule has 0 saturated heterocycles. The smallest absolute Gasteiger partial charge is 0.0243 e. The van der Waals surface area contributed by atoms with Gasteiger partial charge < -0.3 is 15.1 Å². The van der Waals surface area contributed by atoms with Crippen molar-refractivity contribution in [3.63, 3.8) is 0 Å². The molecule has 1 fully saturated rings. The lowest BCUT2D eigenvalue weighted by atomic mass is 9.89. The molecule has 15 heavy (non-hydrogen) atoms. The summed E-state index contributed by atoms with van der Waals surface area (Å²) in [6.45, 7) is 2.25. The van der Waals surface area contributed by atoms with E-state index >= 15 is 0 Å². The number of hydrogen-bond donors (Lipinski definition) is 1. The first kappa shape index (κ1) is 12.9. The summed E-state index contributed by atoms with van der Waals surface area (Å²) < 4.78 is 0. The van der Waals surface area contributed by atoms with Crippen LogP contribution in [0.25, 0.3) is 0 Å². The Labute approximate surface area is 94.8 Å². The number of nitrogens with zero attached hydrogens (tertiary/aromatic N) is 2. The van der Waals surface area contributed by atoms with Gasteiger partial charge in [-0.25, -0.2) is 0 Å². The average molecular weight is 213 g/mol. The van der Waals surface area contributed by atoms with Gasteiger partial charge in [0.1, 0.15) is 0 Å². The zero-order valence-corrected chi connectivity index (χ0v) is 10.8. The molecule has 3 nitrogen and oxygen atoms in total. The van der Waals surface area contributed by atoms with Crippen LogP contribution in [0.15, 0.2) is 0 Å². The van der Waals surface area contributed by atoms with Crippen molar-refractivity contribution in [1.82, 2.24) is 15.1 Å². The molecule has 0 radical (unpaired) electrons. The van der Waals surface area contributed by atoms with Crippen molar-refractivity contribution in [2.75, 3.05) is 41.3 Å². The predicted octanol–water partition coefficient (Wildman–Crippen LogP) is 1.01. The minimum absolute atomic E-state index is 0.702. The van der Waals surface area contributed by atoms with Crippen LogP contribution in [0.2, 0.25) is 0 Å². The van der Waals surface area contributed by atoms with Crippen LogP contribution in [0.4, 0.5) is 0 Å². The summed E-state index contributed by atoms with van der Waals surface area (Å²) in [7, 11) is 8.67. The number of likely N-dealkylation sites (N-methyl/N-ethyl adjacent to an activating group) is 2. The van der Waals surface area contributed by atoms with E-state index in [2.05, 4.69) is 43.3 Å². The van der Waals surface area contributed by atoms with Gasteiger partial charge in [-0.15, -0.1) is 0 Å². The number of rotatable bonds is 5. The van der Waals surface area contributed by atoms with Crippen LogP contribution in [0.3, 0.4) is 0 Å². The highest BCUT2D eigenvalue weighted by Gasteiger charge is 2.25. The van der Waals surface area contributed by atoms with Crippen molar-refractivity contribution in [2.45, 2.75) is 37.8 Å². The predicted molar refractivity (Wildman–Crippen MR) is 66.3 cm³/mol. The molecule has 1 aliphatic rings. The average Bonchev–Trinajstić information content (AvgIpc) is 2.17. The molecule has 0 aromatic carbocycles. The Morgan fingerprint density at radius 2 is 1.73 bits per heavy atom. The highest BCUT2D eigenvalue weighted by atomic mass is 15.2. The third-order valence-corrected chi connectivity index (χ3v) is 3.36. The van der Waals surface area contributed by atoms with E-state index in [-0.39, 0.29) is 0 Å². The van der Waals surface area contributed by atoms with Crippen LogP contribution < -0.4 is 5.32 Å². The van der Waals surface area contributed by atoms with Gasteiger partial charge in [0.05, 0.1) is 0 Å². The Morgan fingerprint density at radius 3 is 2.33 bits per heavy atom. The molecule has 0 amide bonds. The fourth-order valence-corrected chi connectivity index (χ4v) is 2.44. The van der Waals surface area contributed by atoms with Crippen molar-refractivity contribution in [3.8, 4) is 0 Å². The van der Waals surface area contributed by atoms with Crippen molar-refractivity contribution < 1.29 is 0 Å². The summed E-state index contributed by atoms with van der Waals surface area (Å²) in [4.78, 5) is 4.62. The monoisotopic (exact) mass is 213 g/mol. The molecular formula is C12H27N3. The molecule has 0 aliphatic heterocycles. The van der Waals surface area contributed by atoms with E-state index in [1.165, 1.54) is 25.7 Å². The topological polar surface area (TPSA) is 18.5 Å². The first-order valence-corrected chi connectivity index (χ1v) is 6.16. The zero-order chi connectivity index (χ0) is 11.3. The first-order valence-electron chi connectivity index (χ1n) is 6.16. The molecule has 0 bridgehead atoms. The molecule has 0 heterocycles. The zero-order valence-electron chi connectivity index (χ0n) is 10.8. The van der Waals surface area contributed by atoms with E-state index in [0.29, 0.717) is 6.04 Å². The first-order chi connectivity index (χ1) is 7.11. The van der Waals surface area contributed by atoms with Crippen LogP contribution >= 0.6 is 0 Å². The van der Waals surface area contributed by atoms with E-state index < -0.39 is 0 Å². The second-order valence-corrected chi connectivity index (χ2v) is 5.18. The molecular weight excluding hydrogens is 186 g/mol. The Hall–Kier alpha value is -0.120. The molecule has 3 heteroatoms. The van der Waals surface area contributed by atoms with E-state index in [1.54, 1.807) is 0 Å². The van der Waals surface area contributed by atoms with Gasteiger partial charge in [0.15, 0.2) is 0 Å². The summed E-state index contributed by atoms with van der Waals surface area (Å²) in [5.74, 6) is 0. The van der Waals surface area contributed by atoms with Crippen molar-refractivity contribution in [1.29, 1.82) is 0 Å². The summed E-state index contributed by atoms with van der Waals surface area (Å²) in [6, 6.07) is 1.44. The van der Waals surface area contributed by atoms with Gasteiger partial charge in [0, 0.05) is 25.2 Å². The second-order valence-electron chi connectivity index (χ2n) is 5.18. The van der Waals surface area contributed by atoms with E-state index in [1.807, 2.05) is 0 Å². The largest absolute Gasteiger partial charge is 0.311 e. The van der Waals surface area contributed by atoms with E-state index in [4.69, 9.17) is 0 Å². The molecule has 1 aliphatic carbocycles. The third-order valence-electron chi connectivity index (χ3n) is 3.36. The van der Waals surface area contributed by atoms with Gasteiger partial charge in [0.25, 0.3) is 0 Å². The maximum Gasteiger partial charge on any atom is 0.0243 e. The summed E-state index contributed by atoms with van der Waals surface area (Å²) in [5, 5.41) is 3.70. The normalized spacial score (nSPS) is 27.6. The number of nitrogens with one attached hydrogen (secondary N) is 1. The SMILES string of the molecule is CN(C)CCNC1CCCCC1N(C)C. The highest BCUT2D eigenvalue weighted by Crippen LogP contribution is 2.21. The lowest BCUT2D eigenvalue weighted by Crippen LogP contribution is -2.50. The molecule has 1 rings (SSSR count). The maximum atomic E-state index is 3.70. The minimum atomic E-state index is 0.702. The molecule has 2 unspecified atom stereocenters. The van der Waals surface area contributed by atoms with Crippen molar-refractivity contribution in [2.24, 2.45) is 0 Å². The lowest BCUT2D eigenvalue weighted by molar-refractivity contribution is 0.174. The molecule has 0 spiro atoms. The van der Waals surface area contributed by atoms with Gasteiger partial charge in [-0.1, -0.05) is 12.8 Å².